The van der Waals surface area contributed by atoms with Crippen molar-refractivity contribution >= 4 is 13.1 Å². The van der Waals surface area contributed by atoms with Crippen molar-refractivity contribution in [3.05, 3.63) is 29.3 Å². The minimum Gasteiger partial charge on any atom is -0.508 e. The highest BCUT2D eigenvalue weighted by Crippen LogP contribution is 2.42. The van der Waals surface area contributed by atoms with Gasteiger partial charge < -0.3 is 19.2 Å². The lowest BCUT2D eigenvalue weighted by atomic mass is 9.66. The summed E-state index contributed by atoms with van der Waals surface area (Å²) < 4.78 is 17.0. The Morgan fingerprint density at radius 2 is 1.83 bits per heavy atom. The predicted octanol–water partition coefficient (Wildman–Crippen LogP) is 2.98. The second-order valence-electron chi connectivity index (χ2n) is 7.06. The summed E-state index contributed by atoms with van der Waals surface area (Å²) in [5.41, 5.74) is 0.675. The normalized spacial score (nSPS) is 20.3. The van der Waals surface area contributed by atoms with Crippen molar-refractivity contribution in [2.75, 3.05) is 7.11 Å². The Bertz CT molecular complexity index is 581. The summed E-state index contributed by atoms with van der Waals surface area (Å²) in [6, 6.07) is 5.27. The lowest BCUT2D eigenvalue weighted by Crippen LogP contribution is -2.41. The smallest absolute Gasteiger partial charge is 0.466 e. The quantitative estimate of drug-likeness (QED) is 0.682. The minimum atomic E-state index is -0.553. The van der Waals surface area contributed by atoms with Gasteiger partial charge in [-0.05, 0) is 51.8 Å². The van der Waals surface area contributed by atoms with Crippen LogP contribution in [-0.4, -0.2) is 36.5 Å². The monoisotopic (exact) mass is 320 g/mol. The number of hydrogen-bond acceptors (Lipinski definition) is 5. The van der Waals surface area contributed by atoms with Gasteiger partial charge in [0.25, 0.3) is 0 Å². The molecule has 0 saturated carbocycles. The zero-order valence-corrected chi connectivity index (χ0v) is 14.7. The van der Waals surface area contributed by atoms with Crippen LogP contribution < -0.4 is 0 Å². The number of rotatable bonds is 4. The number of esters is 1. The molecule has 0 amide bonds. The number of benzene rings is 1. The number of aromatic hydroxyl groups is 1. The highest BCUT2D eigenvalue weighted by atomic mass is 16.7. The van der Waals surface area contributed by atoms with Crippen molar-refractivity contribution in [1.82, 2.24) is 0 Å². The highest BCUT2D eigenvalue weighted by Gasteiger charge is 2.54. The number of carbonyl (C=O) groups excluding carboxylic acids is 1. The van der Waals surface area contributed by atoms with Gasteiger partial charge in [-0.1, -0.05) is 12.1 Å². The van der Waals surface area contributed by atoms with E-state index in [-0.39, 0.29) is 24.0 Å². The Balaban J connectivity index is 2.35. The van der Waals surface area contributed by atoms with E-state index in [2.05, 4.69) is 0 Å². The fourth-order valence-electron chi connectivity index (χ4n) is 2.60. The van der Waals surface area contributed by atoms with E-state index in [9.17, 15) is 9.90 Å². The van der Waals surface area contributed by atoms with Gasteiger partial charge in [0, 0.05) is 5.82 Å². The van der Waals surface area contributed by atoms with Crippen molar-refractivity contribution in [3.8, 4) is 5.75 Å². The molecule has 0 aliphatic carbocycles. The number of phenolic OH excluding ortho intramolecular Hbond substituents is 1. The zero-order chi connectivity index (χ0) is 17.4. The van der Waals surface area contributed by atoms with Gasteiger partial charge in [-0.15, -0.1) is 0 Å². The summed E-state index contributed by atoms with van der Waals surface area (Å²) in [5.74, 6) is -0.405. The number of carbonyl (C=O) groups is 1. The fraction of sp³-hybridized carbons (Fsp3) is 0.588. The summed E-state index contributed by atoms with van der Waals surface area (Å²) in [4.78, 5) is 11.8. The van der Waals surface area contributed by atoms with Crippen LogP contribution >= 0.6 is 0 Å². The molecule has 6 heteroatoms. The lowest BCUT2D eigenvalue weighted by molar-refractivity contribution is -0.140. The van der Waals surface area contributed by atoms with Gasteiger partial charge in [-0.2, -0.15) is 0 Å². The molecule has 1 atom stereocenters. The Hall–Kier alpha value is -1.53. The standard InChI is InChI=1S/C17H25BO5/c1-11-9-12(7-8-14(11)19)13(10-15(20)21-6)18-22-16(2,3)17(4,5)23-18/h7-9,13,19H,10H2,1-6H3. The lowest BCUT2D eigenvalue weighted by Gasteiger charge is -2.32. The average molecular weight is 320 g/mol. The van der Waals surface area contributed by atoms with Gasteiger partial charge in [0.05, 0.1) is 24.7 Å². The van der Waals surface area contributed by atoms with Crippen molar-refractivity contribution in [3.63, 3.8) is 0 Å². The van der Waals surface area contributed by atoms with Crippen molar-refractivity contribution < 1.29 is 23.9 Å². The second kappa shape index (κ2) is 6.17. The van der Waals surface area contributed by atoms with Gasteiger partial charge in [0.1, 0.15) is 5.75 Å². The second-order valence-corrected chi connectivity index (χ2v) is 7.06. The average Bonchev–Trinajstić information content (AvgIpc) is 2.67. The van der Waals surface area contributed by atoms with Crippen LogP contribution in [0.25, 0.3) is 0 Å². The topological polar surface area (TPSA) is 65.0 Å². The van der Waals surface area contributed by atoms with E-state index in [0.29, 0.717) is 0 Å². The van der Waals surface area contributed by atoms with Crippen LogP contribution in [-0.2, 0) is 18.8 Å². The van der Waals surface area contributed by atoms with Crippen molar-refractivity contribution in [2.45, 2.75) is 58.1 Å². The molecule has 1 saturated heterocycles. The van der Waals surface area contributed by atoms with E-state index < -0.39 is 18.3 Å². The SMILES string of the molecule is COC(=O)CC(B1OC(C)(C)C(C)(C)O1)c1ccc(O)c(C)c1. The van der Waals surface area contributed by atoms with Crippen LogP contribution in [0.1, 0.15) is 51.1 Å². The molecular weight excluding hydrogens is 295 g/mol. The Morgan fingerprint density at radius 1 is 1.26 bits per heavy atom. The molecule has 1 fully saturated rings. The molecule has 0 radical (unpaired) electrons. The summed E-state index contributed by atoms with van der Waals surface area (Å²) in [5, 5.41) is 9.73. The van der Waals surface area contributed by atoms with Crippen LogP contribution in [0.15, 0.2) is 18.2 Å². The van der Waals surface area contributed by atoms with Gasteiger partial charge in [-0.25, -0.2) is 0 Å². The number of phenols is 1. The van der Waals surface area contributed by atoms with Gasteiger partial charge in [0.2, 0.25) is 0 Å². The molecule has 23 heavy (non-hydrogen) atoms. The summed E-state index contributed by atoms with van der Waals surface area (Å²) in [6.07, 6.45) is 0.150. The first kappa shape index (κ1) is 17.8. The third-order valence-corrected chi connectivity index (χ3v) is 4.86. The van der Waals surface area contributed by atoms with Gasteiger partial charge in [0.15, 0.2) is 0 Å². The number of ether oxygens (including phenoxy) is 1. The molecule has 1 aromatic carbocycles. The molecule has 2 rings (SSSR count). The molecule has 126 valence electrons. The maximum Gasteiger partial charge on any atom is 0.466 e. The fourth-order valence-corrected chi connectivity index (χ4v) is 2.60. The molecule has 0 bridgehead atoms. The van der Waals surface area contributed by atoms with E-state index in [1.165, 1.54) is 7.11 Å². The van der Waals surface area contributed by atoms with Crippen LogP contribution in [0.3, 0.4) is 0 Å². The molecule has 1 aliphatic heterocycles. The third kappa shape index (κ3) is 3.53. The van der Waals surface area contributed by atoms with Crippen LogP contribution in [0.4, 0.5) is 0 Å². The van der Waals surface area contributed by atoms with E-state index in [1.54, 1.807) is 12.1 Å². The summed E-state index contributed by atoms with van der Waals surface area (Å²) in [6.45, 7) is 9.72. The molecular formula is C17H25BO5. The maximum atomic E-state index is 11.8. The molecule has 1 unspecified atom stereocenters. The van der Waals surface area contributed by atoms with E-state index in [1.807, 2.05) is 40.7 Å². The van der Waals surface area contributed by atoms with E-state index in [4.69, 9.17) is 14.0 Å². The summed E-state index contributed by atoms with van der Waals surface area (Å²) in [7, 11) is 0.814. The molecule has 1 aromatic rings. The zero-order valence-electron chi connectivity index (χ0n) is 14.7. The molecule has 0 aromatic heterocycles. The van der Waals surface area contributed by atoms with Crippen LogP contribution in [0.5, 0.6) is 5.75 Å². The van der Waals surface area contributed by atoms with Gasteiger partial charge >= 0.3 is 13.1 Å². The molecule has 1 heterocycles. The number of hydrogen-bond donors (Lipinski definition) is 1. The Morgan fingerprint density at radius 3 is 2.30 bits per heavy atom. The first-order chi connectivity index (χ1) is 10.6. The third-order valence-electron chi connectivity index (χ3n) is 4.86. The van der Waals surface area contributed by atoms with Crippen LogP contribution in [0, 0.1) is 6.92 Å². The summed E-state index contributed by atoms with van der Waals surface area (Å²) >= 11 is 0. The first-order valence-corrected chi connectivity index (χ1v) is 7.79. The molecule has 0 spiro atoms. The van der Waals surface area contributed by atoms with Crippen LogP contribution in [0.2, 0.25) is 0 Å². The van der Waals surface area contributed by atoms with Crippen molar-refractivity contribution in [2.24, 2.45) is 0 Å². The molecule has 1 aliphatic rings. The largest absolute Gasteiger partial charge is 0.508 e. The Labute approximate surface area is 138 Å². The maximum absolute atomic E-state index is 11.8. The van der Waals surface area contributed by atoms with E-state index in [0.717, 1.165) is 11.1 Å². The molecule has 1 N–H and O–H groups in total. The Kier molecular flexibility index (Phi) is 4.78. The highest BCUT2D eigenvalue weighted by molar-refractivity contribution is 6.48. The molecule has 5 nitrogen and oxygen atoms in total. The van der Waals surface area contributed by atoms with Gasteiger partial charge in [-0.3, -0.25) is 4.79 Å². The minimum absolute atomic E-state index is 0.150. The number of aryl methyl sites for hydroxylation is 1. The predicted molar refractivity (Wildman–Crippen MR) is 88.3 cm³/mol. The number of methoxy groups -OCH3 is 1. The van der Waals surface area contributed by atoms with E-state index >= 15 is 0 Å². The van der Waals surface area contributed by atoms with Crippen molar-refractivity contribution in [1.29, 1.82) is 0 Å². The first-order valence-electron chi connectivity index (χ1n) is 7.79.